The van der Waals surface area contributed by atoms with Crippen LogP contribution in [0.5, 0.6) is 0 Å². The van der Waals surface area contributed by atoms with E-state index in [4.69, 9.17) is 11.6 Å². The largest absolute Gasteiger partial charge is 0.343 e. The Morgan fingerprint density at radius 3 is 2.38 bits per heavy atom. The number of hydrogen-bond acceptors (Lipinski definition) is 1. The van der Waals surface area contributed by atoms with Gasteiger partial charge in [-0.15, -0.1) is 11.6 Å². The van der Waals surface area contributed by atoms with Gasteiger partial charge in [0.25, 0.3) is 0 Å². The van der Waals surface area contributed by atoms with E-state index in [9.17, 15) is 4.79 Å². The van der Waals surface area contributed by atoms with Gasteiger partial charge in [0.15, 0.2) is 0 Å². The van der Waals surface area contributed by atoms with Gasteiger partial charge in [0.2, 0.25) is 5.91 Å². The lowest BCUT2D eigenvalue weighted by molar-refractivity contribution is -0.136. The van der Waals surface area contributed by atoms with Crippen LogP contribution in [0.1, 0.15) is 46.5 Å². The molecule has 0 spiro atoms. The molecular weight excluding hydrogens is 222 g/mol. The molecule has 0 aromatic rings. The van der Waals surface area contributed by atoms with Gasteiger partial charge >= 0.3 is 0 Å². The normalized spacial score (nSPS) is 22.8. The Bertz CT molecular complexity index is 242. The van der Waals surface area contributed by atoms with E-state index in [0.717, 1.165) is 12.8 Å². The molecule has 1 aliphatic carbocycles. The van der Waals surface area contributed by atoms with Crippen molar-refractivity contribution in [2.24, 2.45) is 11.3 Å². The summed E-state index contributed by atoms with van der Waals surface area (Å²) in [7, 11) is 1.92. The minimum absolute atomic E-state index is 0.0541. The molecule has 1 saturated carbocycles. The van der Waals surface area contributed by atoms with Gasteiger partial charge in [-0.05, 0) is 31.1 Å². The van der Waals surface area contributed by atoms with Gasteiger partial charge in [0, 0.05) is 24.9 Å². The fourth-order valence-corrected chi connectivity index (χ4v) is 2.50. The molecule has 16 heavy (non-hydrogen) atoms. The van der Waals surface area contributed by atoms with Crippen LogP contribution in [0.25, 0.3) is 0 Å². The molecule has 1 aliphatic rings. The van der Waals surface area contributed by atoms with Crippen LogP contribution in [0.15, 0.2) is 0 Å². The zero-order valence-electron chi connectivity index (χ0n) is 10.9. The number of amides is 1. The van der Waals surface area contributed by atoms with Crippen LogP contribution >= 0.6 is 11.6 Å². The Hall–Kier alpha value is -0.240. The van der Waals surface area contributed by atoms with E-state index in [1.54, 1.807) is 0 Å². The first kappa shape index (κ1) is 13.8. The highest BCUT2D eigenvalue weighted by atomic mass is 35.5. The Labute approximate surface area is 104 Å². The molecule has 1 atom stereocenters. The fourth-order valence-electron chi connectivity index (χ4n) is 2.36. The van der Waals surface area contributed by atoms with E-state index in [0.29, 0.717) is 17.3 Å². The molecule has 0 aromatic carbocycles. The molecule has 1 unspecified atom stereocenters. The highest BCUT2D eigenvalue weighted by Gasteiger charge is 2.31. The average molecular weight is 246 g/mol. The van der Waals surface area contributed by atoms with Crippen molar-refractivity contribution in [3.8, 4) is 0 Å². The molecule has 0 aliphatic heterocycles. The third kappa shape index (κ3) is 3.38. The van der Waals surface area contributed by atoms with E-state index in [1.165, 1.54) is 12.8 Å². The summed E-state index contributed by atoms with van der Waals surface area (Å²) in [5, 5.41) is 0. The molecule has 1 fully saturated rings. The average Bonchev–Trinajstić information content (AvgIpc) is 2.26. The second-order valence-electron chi connectivity index (χ2n) is 5.90. The number of hydrogen-bond donors (Lipinski definition) is 0. The van der Waals surface area contributed by atoms with Crippen molar-refractivity contribution in [1.82, 2.24) is 4.90 Å². The Morgan fingerprint density at radius 2 is 1.94 bits per heavy atom. The van der Waals surface area contributed by atoms with Crippen LogP contribution in [-0.2, 0) is 4.79 Å². The van der Waals surface area contributed by atoms with Crippen molar-refractivity contribution in [1.29, 1.82) is 0 Å². The third-order valence-electron chi connectivity index (χ3n) is 3.86. The minimum atomic E-state index is -0.0541. The molecule has 0 saturated heterocycles. The number of halogens is 1. The van der Waals surface area contributed by atoms with Crippen molar-refractivity contribution in [3.05, 3.63) is 0 Å². The van der Waals surface area contributed by atoms with Gasteiger partial charge < -0.3 is 4.90 Å². The second kappa shape index (κ2) is 5.39. The first-order valence-electron chi connectivity index (χ1n) is 6.20. The maximum atomic E-state index is 12.0. The monoisotopic (exact) mass is 245 g/mol. The maximum Gasteiger partial charge on any atom is 0.226 e. The molecule has 2 nitrogen and oxygen atoms in total. The fraction of sp³-hybridized carbons (Fsp3) is 0.923. The predicted molar refractivity (Wildman–Crippen MR) is 68.7 cm³/mol. The molecule has 0 radical (unpaired) electrons. The molecule has 0 aromatic heterocycles. The highest BCUT2D eigenvalue weighted by molar-refractivity contribution is 6.19. The van der Waals surface area contributed by atoms with E-state index < -0.39 is 0 Å². The van der Waals surface area contributed by atoms with E-state index in [-0.39, 0.29) is 11.8 Å². The molecular formula is C13H24ClNO. The molecule has 1 rings (SSSR count). The first-order chi connectivity index (χ1) is 7.37. The van der Waals surface area contributed by atoms with Crippen LogP contribution in [0.2, 0.25) is 0 Å². The standard InChI is InChI=1S/C13H24ClNO/c1-10(9-14)12(16)15(4)11-5-7-13(2,3)8-6-11/h10-11H,5-9H2,1-4H3. The SMILES string of the molecule is CC(CCl)C(=O)N(C)C1CCC(C)(C)CC1. The van der Waals surface area contributed by atoms with Crippen molar-refractivity contribution in [2.75, 3.05) is 12.9 Å². The van der Waals surface area contributed by atoms with Crippen LogP contribution in [-0.4, -0.2) is 29.8 Å². The Morgan fingerprint density at radius 1 is 1.44 bits per heavy atom. The number of carbonyl (C=O) groups excluding carboxylic acids is 1. The number of nitrogens with zero attached hydrogens (tertiary/aromatic N) is 1. The van der Waals surface area contributed by atoms with Crippen LogP contribution in [0.3, 0.4) is 0 Å². The van der Waals surface area contributed by atoms with Crippen LogP contribution in [0, 0.1) is 11.3 Å². The minimum Gasteiger partial charge on any atom is -0.343 e. The summed E-state index contributed by atoms with van der Waals surface area (Å²) in [6, 6.07) is 0.422. The summed E-state index contributed by atoms with van der Waals surface area (Å²) in [5.74, 6) is 0.558. The molecule has 3 heteroatoms. The van der Waals surface area contributed by atoms with Crippen LogP contribution in [0.4, 0.5) is 0 Å². The zero-order chi connectivity index (χ0) is 12.3. The lowest BCUT2D eigenvalue weighted by Crippen LogP contribution is -2.43. The van der Waals surface area contributed by atoms with Gasteiger partial charge in [0.05, 0.1) is 0 Å². The van der Waals surface area contributed by atoms with Crippen molar-refractivity contribution in [2.45, 2.75) is 52.5 Å². The summed E-state index contributed by atoms with van der Waals surface area (Å²) in [5.41, 5.74) is 0.457. The predicted octanol–water partition coefficient (Wildman–Crippen LogP) is 3.29. The second-order valence-corrected chi connectivity index (χ2v) is 6.21. The Kier molecular flexibility index (Phi) is 4.66. The summed E-state index contributed by atoms with van der Waals surface area (Å²) in [6.45, 7) is 6.53. The van der Waals surface area contributed by atoms with Gasteiger partial charge in [-0.1, -0.05) is 20.8 Å². The quantitative estimate of drug-likeness (QED) is 0.699. The lowest BCUT2D eigenvalue weighted by Gasteiger charge is -2.39. The van der Waals surface area contributed by atoms with Gasteiger partial charge in [-0.3, -0.25) is 4.79 Å². The zero-order valence-corrected chi connectivity index (χ0v) is 11.7. The van der Waals surface area contributed by atoms with Crippen molar-refractivity contribution < 1.29 is 4.79 Å². The van der Waals surface area contributed by atoms with Gasteiger partial charge in [-0.25, -0.2) is 0 Å². The first-order valence-corrected chi connectivity index (χ1v) is 6.73. The van der Waals surface area contributed by atoms with Crippen molar-refractivity contribution >= 4 is 17.5 Å². The molecule has 94 valence electrons. The van der Waals surface area contributed by atoms with E-state index >= 15 is 0 Å². The summed E-state index contributed by atoms with van der Waals surface area (Å²) in [6.07, 6.45) is 4.68. The molecule has 1 amide bonds. The molecule has 0 bridgehead atoms. The number of carbonyl (C=O) groups is 1. The topological polar surface area (TPSA) is 20.3 Å². The third-order valence-corrected chi connectivity index (χ3v) is 4.32. The number of alkyl halides is 1. The maximum absolute atomic E-state index is 12.0. The highest BCUT2D eigenvalue weighted by Crippen LogP contribution is 2.36. The smallest absolute Gasteiger partial charge is 0.226 e. The molecule has 0 heterocycles. The van der Waals surface area contributed by atoms with Crippen molar-refractivity contribution in [3.63, 3.8) is 0 Å². The van der Waals surface area contributed by atoms with E-state index in [2.05, 4.69) is 13.8 Å². The Balaban J connectivity index is 2.50. The summed E-state index contributed by atoms with van der Waals surface area (Å²) >= 11 is 5.73. The molecule has 0 N–H and O–H groups in total. The lowest BCUT2D eigenvalue weighted by atomic mass is 9.75. The summed E-state index contributed by atoms with van der Waals surface area (Å²) < 4.78 is 0. The van der Waals surface area contributed by atoms with Gasteiger partial charge in [-0.2, -0.15) is 0 Å². The van der Waals surface area contributed by atoms with E-state index in [1.807, 2.05) is 18.9 Å². The van der Waals surface area contributed by atoms with Gasteiger partial charge in [0.1, 0.15) is 0 Å². The summed E-state index contributed by atoms with van der Waals surface area (Å²) in [4.78, 5) is 13.9. The number of rotatable bonds is 3. The van der Waals surface area contributed by atoms with Crippen LogP contribution < -0.4 is 0 Å².